The highest BCUT2D eigenvalue weighted by atomic mass is 127. The molecule has 0 spiro atoms. The maximum Gasteiger partial charge on any atom is 0.0667 e. The molecule has 0 amide bonds. The summed E-state index contributed by atoms with van der Waals surface area (Å²) in [6.07, 6.45) is 1.96. The molecule has 1 aliphatic heterocycles. The number of benzene rings is 1. The molecule has 1 N–H and O–H groups in total. The van der Waals surface area contributed by atoms with Gasteiger partial charge in [0.25, 0.3) is 0 Å². The number of nitrogens with zero attached hydrogens (tertiary/aromatic N) is 1. The van der Waals surface area contributed by atoms with Crippen molar-refractivity contribution >= 4 is 22.6 Å². The molecule has 0 aliphatic carbocycles. The van der Waals surface area contributed by atoms with Gasteiger partial charge < -0.3 is 5.11 Å². The molecular formula is C12H16INO. The minimum atomic E-state index is -0.123. The Hall–Kier alpha value is -0.130. The molecule has 82 valence electrons. The molecule has 0 unspecified atom stereocenters. The Morgan fingerprint density at radius 1 is 1.33 bits per heavy atom. The van der Waals surface area contributed by atoms with Crippen molar-refractivity contribution in [2.45, 2.75) is 25.5 Å². The number of rotatable bonds is 2. The van der Waals surface area contributed by atoms with Gasteiger partial charge in [0.05, 0.1) is 6.10 Å². The van der Waals surface area contributed by atoms with Crippen LogP contribution in [-0.4, -0.2) is 29.2 Å². The van der Waals surface area contributed by atoms with Gasteiger partial charge in [-0.05, 0) is 59.7 Å². The summed E-state index contributed by atoms with van der Waals surface area (Å²) in [5.74, 6) is 0. The van der Waals surface area contributed by atoms with Crippen molar-refractivity contribution < 1.29 is 5.11 Å². The summed E-state index contributed by atoms with van der Waals surface area (Å²) in [5, 5.41) is 9.56. The first kappa shape index (κ1) is 11.4. The van der Waals surface area contributed by atoms with Crippen LogP contribution in [0.2, 0.25) is 0 Å². The van der Waals surface area contributed by atoms with Crippen LogP contribution in [0.5, 0.6) is 0 Å². The molecular weight excluding hydrogens is 301 g/mol. The van der Waals surface area contributed by atoms with Gasteiger partial charge in [0.2, 0.25) is 0 Å². The Balaban J connectivity index is 1.93. The van der Waals surface area contributed by atoms with Crippen LogP contribution >= 0.6 is 22.6 Å². The minimum Gasteiger partial charge on any atom is -0.392 e. The summed E-state index contributed by atoms with van der Waals surface area (Å²) < 4.78 is 1.27. The largest absolute Gasteiger partial charge is 0.392 e. The van der Waals surface area contributed by atoms with Gasteiger partial charge in [0.15, 0.2) is 0 Å². The molecule has 0 radical (unpaired) electrons. The smallest absolute Gasteiger partial charge is 0.0667 e. The van der Waals surface area contributed by atoms with Crippen molar-refractivity contribution in [1.82, 2.24) is 4.90 Å². The molecule has 1 aromatic rings. The van der Waals surface area contributed by atoms with Crippen molar-refractivity contribution in [1.29, 1.82) is 0 Å². The van der Waals surface area contributed by atoms with Crippen LogP contribution in [0.3, 0.4) is 0 Å². The molecule has 0 aromatic heterocycles. The van der Waals surface area contributed by atoms with Crippen LogP contribution in [0, 0.1) is 3.57 Å². The normalized spacial score (nSPS) is 22.9. The molecule has 1 heterocycles. The average molecular weight is 317 g/mol. The van der Waals surface area contributed by atoms with Crippen LogP contribution in [0.4, 0.5) is 0 Å². The summed E-state index contributed by atoms with van der Waals surface area (Å²) in [6.45, 7) is 2.91. The standard InChI is InChI=1S/C12H16INO/c13-11-5-3-10(4-6-11)8-14-7-1-2-12(15)9-14/h3-6,12,15H,1-2,7-9H2/t12-/m0/s1. The number of piperidine rings is 1. The van der Waals surface area contributed by atoms with E-state index in [1.165, 1.54) is 9.13 Å². The predicted molar refractivity (Wildman–Crippen MR) is 69.7 cm³/mol. The highest BCUT2D eigenvalue weighted by Gasteiger charge is 2.17. The first-order valence-electron chi connectivity index (χ1n) is 5.39. The third kappa shape index (κ3) is 3.43. The van der Waals surface area contributed by atoms with E-state index in [0.717, 1.165) is 32.5 Å². The van der Waals surface area contributed by atoms with Gasteiger partial charge in [0.1, 0.15) is 0 Å². The number of likely N-dealkylation sites (tertiary alicyclic amines) is 1. The van der Waals surface area contributed by atoms with Gasteiger partial charge in [-0.15, -0.1) is 0 Å². The molecule has 0 bridgehead atoms. The van der Waals surface area contributed by atoms with E-state index in [4.69, 9.17) is 0 Å². The first-order chi connectivity index (χ1) is 7.24. The van der Waals surface area contributed by atoms with Gasteiger partial charge in [-0.3, -0.25) is 4.90 Å². The number of hydrogen-bond donors (Lipinski definition) is 1. The van der Waals surface area contributed by atoms with E-state index in [-0.39, 0.29) is 6.10 Å². The molecule has 2 nitrogen and oxygen atoms in total. The zero-order chi connectivity index (χ0) is 10.7. The summed E-state index contributed by atoms with van der Waals surface area (Å²) >= 11 is 2.32. The Bertz CT molecular complexity index is 312. The zero-order valence-electron chi connectivity index (χ0n) is 8.69. The molecule has 1 atom stereocenters. The van der Waals surface area contributed by atoms with Crippen LogP contribution in [0.25, 0.3) is 0 Å². The number of β-amino-alcohol motifs (C(OH)–C–C–N with tert-alkyl or cyclic N) is 1. The molecule has 3 heteroatoms. The number of hydrogen-bond acceptors (Lipinski definition) is 2. The van der Waals surface area contributed by atoms with Gasteiger partial charge >= 0.3 is 0 Å². The van der Waals surface area contributed by atoms with Gasteiger partial charge in [-0.25, -0.2) is 0 Å². The molecule has 1 aliphatic rings. The molecule has 1 saturated heterocycles. The van der Waals surface area contributed by atoms with E-state index < -0.39 is 0 Å². The Morgan fingerprint density at radius 3 is 2.73 bits per heavy atom. The van der Waals surface area contributed by atoms with E-state index in [1.54, 1.807) is 0 Å². The summed E-state index contributed by atoms with van der Waals surface area (Å²) in [7, 11) is 0. The second kappa shape index (κ2) is 5.27. The zero-order valence-corrected chi connectivity index (χ0v) is 10.9. The maximum absolute atomic E-state index is 9.56. The lowest BCUT2D eigenvalue weighted by atomic mass is 10.1. The van der Waals surface area contributed by atoms with Crippen molar-refractivity contribution in [2.75, 3.05) is 13.1 Å². The molecule has 1 aromatic carbocycles. The molecule has 1 fully saturated rings. The number of aliphatic hydroxyl groups is 1. The van der Waals surface area contributed by atoms with Crippen LogP contribution in [-0.2, 0) is 6.54 Å². The van der Waals surface area contributed by atoms with E-state index in [2.05, 4.69) is 51.8 Å². The minimum absolute atomic E-state index is 0.123. The monoisotopic (exact) mass is 317 g/mol. The lowest BCUT2D eigenvalue weighted by Gasteiger charge is -2.29. The predicted octanol–water partition coefficient (Wildman–Crippen LogP) is 2.25. The summed E-state index contributed by atoms with van der Waals surface area (Å²) in [5.41, 5.74) is 1.34. The number of aliphatic hydroxyl groups excluding tert-OH is 1. The fourth-order valence-electron chi connectivity index (χ4n) is 2.02. The molecule has 2 rings (SSSR count). The Morgan fingerprint density at radius 2 is 2.07 bits per heavy atom. The Labute approximate surface area is 104 Å². The van der Waals surface area contributed by atoms with E-state index in [0.29, 0.717) is 0 Å². The first-order valence-corrected chi connectivity index (χ1v) is 6.47. The quantitative estimate of drug-likeness (QED) is 0.846. The maximum atomic E-state index is 9.56. The highest BCUT2D eigenvalue weighted by molar-refractivity contribution is 14.1. The lowest BCUT2D eigenvalue weighted by molar-refractivity contribution is 0.0668. The SMILES string of the molecule is O[C@H]1CCCN(Cc2ccc(I)cc2)C1. The van der Waals surface area contributed by atoms with Gasteiger partial charge in [0, 0.05) is 16.7 Å². The van der Waals surface area contributed by atoms with E-state index in [1.807, 2.05) is 0 Å². The van der Waals surface area contributed by atoms with E-state index >= 15 is 0 Å². The van der Waals surface area contributed by atoms with E-state index in [9.17, 15) is 5.11 Å². The van der Waals surface area contributed by atoms with Crippen molar-refractivity contribution in [3.63, 3.8) is 0 Å². The van der Waals surface area contributed by atoms with Crippen LogP contribution in [0.15, 0.2) is 24.3 Å². The van der Waals surface area contributed by atoms with Crippen molar-refractivity contribution in [3.8, 4) is 0 Å². The molecule has 0 saturated carbocycles. The second-order valence-corrected chi connectivity index (χ2v) is 5.40. The van der Waals surface area contributed by atoms with Crippen LogP contribution in [0.1, 0.15) is 18.4 Å². The van der Waals surface area contributed by atoms with Crippen molar-refractivity contribution in [2.24, 2.45) is 0 Å². The summed E-state index contributed by atoms with van der Waals surface area (Å²) in [4.78, 5) is 2.33. The van der Waals surface area contributed by atoms with Crippen molar-refractivity contribution in [3.05, 3.63) is 33.4 Å². The average Bonchev–Trinajstić information content (AvgIpc) is 2.22. The second-order valence-electron chi connectivity index (χ2n) is 4.16. The highest BCUT2D eigenvalue weighted by Crippen LogP contribution is 2.14. The number of halogens is 1. The van der Waals surface area contributed by atoms with Crippen LogP contribution < -0.4 is 0 Å². The summed E-state index contributed by atoms with van der Waals surface area (Å²) in [6, 6.07) is 8.61. The van der Waals surface area contributed by atoms with Gasteiger partial charge in [-0.2, -0.15) is 0 Å². The topological polar surface area (TPSA) is 23.5 Å². The Kier molecular flexibility index (Phi) is 3.99. The third-order valence-electron chi connectivity index (χ3n) is 2.80. The molecule has 15 heavy (non-hydrogen) atoms. The van der Waals surface area contributed by atoms with Gasteiger partial charge in [-0.1, -0.05) is 12.1 Å². The fourth-order valence-corrected chi connectivity index (χ4v) is 2.38. The lowest BCUT2D eigenvalue weighted by Crippen LogP contribution is -2.37. The fraction of sp³-hybridized carbons (Fsp3) is 0.500. The third-order valence-corrected chi connectivity index (χ3v) is 3.52.